The highest BCUT2D eigenvalue weighted by molar-refractivity contribution is 5.72. The molecule has 2 N–H and O–H groups in total. The van der Waals surface area contributed by atoms with Gasteiger partial charge in [0.15, 0.2) is 5.65 Å². The summed E-state index contributed by atoms with van der Waals surface area (Å²) in [5.41, 5.74) is 10.4. The van der Waals surface area contributed by atoms with E-state index in [1.807, 2.05) is 19.2 Å². The topological polar surface area (TPSA) is 56.7 Å². The summed E-state index contributed by atoms with van der Waals surface area (Å²) in [6.45, 7) is 4.91. The van der Waals surface area contributed by atoms with Crippen LogP contribution >= 0.6 is 0 Å². The lowest BCUT2D eigenvalue weighted by molar-refractivity contribution is 0.533. The van der Waals surface area contributed by atoms with Crippen LogP contribution in [0.4, 0.5) is 0 Å². The molecule has 0 amide bonds. The maximum absolute atomic E-state index is 6.17. The maximum atomic E-state index is 6.17. The Labute approximate surface area is 131 Å². The van der Waals surface area contributed by atoms with Crippen LogP contribution in [0, 0.1) is 6.92 Å². The average molecular weight is 294 g/mol. The number of pyridine rings is 1. The third-order valence-corrected chi connectivity index (χ3v) is 3.95. The Morgan fingerprint density at radius 2 is 2.00 bits per heavy atom. The summed E-state index contributed by atoms with van der Waals surface area (Å²) in [5, 5.41) is 0. The first-order valence-electron chi connectivity index (χ1n) is 7.78. The average Bonchev–Trinajstić information content (AvgIpc) is 2.84. The van der Waals surface area contributed by atoms with Crippen molar-refractivity contribution in [2.24, 2.45) is 5.73 Å². The van der Waals surface area contributed by atoms with Gasteiger partial charge in [0.1, 0.15) is 11.3 Å². The summed E-state index contributed by atoms with van der Waals surface area (Å²) in [5.74, 6) is 1.03. The number of nitrogens with two attached hydrogens (primary N) is 1. The van der Waals surface area contributed by atoms with Gasteiger partial charge in [0.25, 0.3) is 0 Å². The van der Waals surface area contributed by atoms with Crippen molar-refractivity contribution in [1.29, 1.82) is 0 Å². The Morgan fingerprint density at radius 3 is 2.73 bits per heavy atom. The lowest BCUT2D eigenvalue weighted by atomic mass is 10.1. The highest BCUT2D eigenvalue weighted by Crippen LogP contribution is 2.18. The summed E-state index contributed by atoms with van der Waals surface area (Å²) >= 11 is 0. The smallest absolute Gasteiger partial charge is 0.160 e. The molecule has 0 aliphatic heterocycles. The zero-order valence-corrected chi connectivity index (χ0v) is 13.2. The second kappa shape index (κ2) is 6.28. The van der Waals surface area contributed by atoms with Gasteiger partial charge in [-0.2, -0.15) is 0 Å². The molecule has 0 spiro atoms. The summed E-state index contributed by atoms with van der Waals surface area (Å²) in [7, 11) is 0. The zero-order valence-electron chi connectivity index (χ0n) is 13.2. The number of aromatic nitrogens is 3. The zero-order chi connectivity index (χ0) is 15.5. The van der Waals surface area contributed by atoms with Crippen LogP contribution in [0.3, 0.4) is 0 Å². The quantitative estimate of drug-likeness (QED) is 0.787. The van der Waals surface area contributed by atoms with Crippen molar-refractivity contribution in [2.45, 2.75) is 39.3 Å². The van der Waals surface area contributed by atoms with E-state index in [1.54, 1.807) is 0 Å². The maximum Gasteiger partial charge on any atom is 0.160 e. The minimum atomic E-state index is 0.120. The molecule has 1 atom stereocenters. The lowest BCUT2D eigenvalue weighted by Crippen LogP contribution is -2.26. The molecule has 1 unspecified atom stereocenters. The SMILES string of the molecule is CCC(N)Cn1c(Cc2ccccc2)nc2cc(C)cnc21. The van der Waals surface area contributed by atoms with E-state index >= 15 is 0 Å². The molecular formula is C18H22N4. The summed E-state index contributed by atoms with van der Waals surface area (Å²) < 4.78 is 2.18. The monoisotopic (exact) mass is 294 g/mol. The highest BCUT2D eigenvalue weighted by Gasteiger charge is 2.14. The molecule has 0 aliphatic carbocycles. The summed E-state index contributed by atoms with van der Waals surface area (Å²) in [6.07, 6.45) is 3.63. The molecule has 0 fully saturated rings. The number of benzene rings is 1. The van der Waals surface area contributed by atoms with Crippen LogP contribution in [0.25, 0.3) is 11.2 Å². The van der Waals surface area contributed by atoms with Gasteiger partial charge in [-0.1, -0.05) is 37.3 Å². The van der Waals surface area contributed by atoms with Crippen molar-refractivity contribution in [2.75, 3.05) is 0 Å². The van der Waals surface area contributed by atoms with Crippen LogP contribution in [0.15, 0.2) is 42.6 Å². The van der Waals surface area contributed by atoms with E-state index < -0.39 is 0 Å². The predicted molar refractivity (Wildman–Crippen MR) is 89.8 cm³/mol. The molecular weight excluding hydrogens is 272 g/mol. The van der Waals surface area contributed by atoms with Crippen molar-refractivity contribution < 1.29 is 0 Å². The van der Waals surface area contributed by atoms with Crippen LogP contribution in [-0.4, -0.2) is 20.6 Å². The van der Waals surface area contributed by atoms with Gasteiger partial charge in [-0.05, 0) is 30.5 Å². The lowest BCUT2D eigenvalue weighted by Gasteiger charge is -2.13. The molecule has 2 heterocycles. The van der Waals surface area contributed by atoms with Crippen molar-refractivity contribution in [3.05, 3.63) is 59.5 Å². The van der Waals surface area contributed by atoms with E-state index in [0.717, 1.165) is 41.9 Å². The standard InChI is InChI=1S/C18H22N4/c1-3-15(19)12-22-17(10-14-7-5-4-6-8-14)21-16-9-13(2)11-20-18(16)22/h4-9,11,15H,3,10,12,19H2,1-2H3. The Morgan fingerprint density at radius 1 is 1.23 bits per heavy atom. The summed E-state index contributed by atoms with van der Waals surface area (Å²) in [6, 6.07) is 12.6. The van der Waals surface area contributed by atoms with Crippen LogP contribution in [-0.2, 0) is 13.0 Å². The van der Waals surface area contributed by atoms with Crippen molar-refractivity contribution in [1.82, 2.24) is 14.5 Å². The van der Waals surface area contributed by atoms with Crippen molar-refractivity contribution in [3.8, 4) is 0 Å². The molecule has 2 aromatic heterocycles. The molecule has 4 heteroatoms. The third kappa shape index (κ3) is 3.02. The normalized spacial score (nSPS) is 12.7. The molecule has 0 saturated carbocycles. The first-order valence-corrected chi connectivity index (χ1v) is 7.78. The van der Waals surface area contributed by atoms with E-state index in [0.29, 0.717) is 0 Å². The van der Waals surface area contributed by atoms with Crippen LogP contribution < -0.4 is 5.73 Å². The number of imidazole rings is 1. The van der Waals surface area contributed by atoms with E-state index in [9.17, 15) is 0 Å². The van der Waals surface area contributed by atoms with Gasteiger partial charge in [0, 0.05) is 25.2 Å². The number of aryl methyl sites for hydroxylation is 1. The van der Waals surface area contributed by atoms with Crippen LogP contribution in [0.2, 0.25) is 0 Å². The Balaban J connectivity index is 2.04. The second-order valence-electron chi connectivity index (χ2n) is 5.82. The van der Waals surface area contributed by atoms with E-state index in [4.69, 9.17) is 10.7 Å². The molecule has 1 aromatic carbocycles. The van der Waals surface area contributed by atoms with Crippen molar-refractivity contribution >= 4 is 11.2 Å². The first-order chi connectivity index (χ1) is 10.7. The van der Waals surface area contributed by atoms with Gasteiger partial charge < -0.3 is 10.3 Å². The fraction of sp³-hybridized carbons (Fsp3) is 0.333. The molecule has 114 valence electrons. The summed E-state index contributed by atoms with van der Waals surface area (Å²) in [4.78, 5) is 9.38. The van der Waals surface area contributed by atoms with Crippen LogP contribution in [0.1, 0.15) is 30.3 Å². The minimum absolute atomic E-state index is 0.120. The largest absolute Gasteiger partial charge is 0.326 e. The number of hydrogen-bond donors (Lipinski definition) is 1. The van der Waals surface area contributed by atoms with Gasteiger partial charge in [0.05, 0.1) is 0 Å². The molecule has 0 bridgehead atoms. The predicted octanol–water partition coefficient (Wildman–Crippen LogP) is 3.07. The second-order valence-corrected chi connectivity index (χ2v) is 5.82. The van der Waals surface area contributed by atoms with Gasteiger partial charge in [-0.3, -0.25) is 0 Å². The highest BCUT2D eigenvalue weighted by atomic mass is 15.1. The van der Waals surface area contributed by atoms with Gasteiger partial charge >= 0.3 is 0 Å². The van der Waals surface area contributed by atoms with Crippen molar-refractivity contribution in [3.63, 3.8) is 0 Å². The number of rotatable bonds is 5. The molecule has 22 heavy (non-hydrogen) atoms. The fourth-order valence-electron chi connectivity index (χ4n) is 2.63. The van der Waals surface area contributed by atoms with E-state index in [2.05, 4.69) is 46.8 Å². The first kappa shape index (κ1) is 14.7. The Hall–Kier alpha value is -2.20. The molecule has 4 nitrogen and oxygen atoms in total. The van der Waals surface area contributed by atoms with Gasteiger partial charge in [0.2, 0.25) is 0 Å². The Kier molecular flexibility index (Phi) is 4.20. The van der Waals surface area contributed by atoms with Crippen LogP contribution in [0.5, 0.6) is 0 Å². The molecule has 0 aliphatic rings. The molecule has 0 saturated heterocycles. The van der Waals surface area contributed by atoms with Gasteiger partial charge in [-0.15, -0.1) is 0 Å². The third-order valence-electron chi connectivity index (χ3n) is 3.95. The number of hydrogen-bond acceptors (Lipinski definition) is 3. The number of nitrogens with zero attached hydrogens (tertiary/aromatic N) is 3. The molecule has 3 rings (SSSR count). The van der Waals surface area contributed by atoms with E-state index in [1.165, 1.54) is 5.56 Å². The fourth-order valence-corrected chi connectivity index (χ4v) is 2.63. The molecule has 3 aromatic rings. The minimum Gasteiger partial charge on any atom is -0.326 e. The Bertz CT molecular complexity index is 761. The van der Waals surface area contributed by atoms with E-state index in [-0.39, 0.29) is 6.04 Å². The number of fused-ring (bicyclic) bond motifs is 1. The molecule has 0 radical (unpaired) electrons. The van der Waals surface area contributed by atoms with Gasteiger partial charge in [-0.25, -0.2) is 9.97 Å².